The molecule has 102 valence electrons. The summed E-state index contributed by atoms with van der Waals surface area (Å²) in [7, 11) is 0. The van der Waals surface area contributed by atoms with E-state index in [1.54, 1.807) is 12.1 Å². The number of pyridine rings is 1. The molecule has 1 aromatic rings. The first-order chi connectivity index (χ1) is 8.58. The van der Waals surface area contributed by atoms with Gasteiger partial charge in [0, 0.05) is 12.6 Å². The molecule has 0 aromatic carbocycles. The van der Waals surface area contributed by atoms with Crippen LogP contribution in [0.4, 0.5) is 14.5 Å². The molecule has 0 aliphatic carbocycles. The van der Waals surface area contributed by atoms with Crippen LogP contribution in [0.1, 0.15) is 25.1 Å². The summed E-state index contributed by atoms with van der Waals surface area (Å²) in [5, 5.41) is 8.86. The molecule has 0 aliphatic rings. The van der Waals surface area contributed by atoms with Crippen molar-refractivity contribution in [3.63, 3.8) is 0 Å². The van der Waals surface area contributed by atoms with Gasteiger partial charge in [0.25, 0.3) is 6.43 Å². The van der Waals surface area contributed by atoms with E-state index in [1.807, 2.05) is 6.92 Å². The Morgan fingerprint density at radius 1 is 1.44 bits per heavy atom. The van der Waals surface area contributed by atoms with Crippen LogP contribution < -0.4 is 10.6 Å². The van der Waals surface area contributed by atoms with E-state index < -0.39 is 13.0 Å². The molecule has 3 N–H and O–H groups in total. The number of alkyl halides is 2. The standard InChI is InChI=1S/C12H19F2N3O/c1-2-10(15)11-4-3-9(7-16-11)17(5-6-18)8-12(13)14/h3-4,7,10,12,18H,2,5-6,8,15H2,1H3/t10-/m0/s1. The SMILES string of the molecule is CC[C@H](N)c1ccc(N(CCO)CC(F)F)cn1. The first-order valence-corrected chi connectivity index (χ1v) is 5.94. The van der Waals surface area contributed by atoms with Crippen LogP contribution >= 0.6 is 0 Å². The second-order valence-corrected chi connectivity index (χ2v) is 4.02. The van der Waals surface area contributed by atoms with Gasteiger partial charge in [-0.2, -0.15) is 0 Å². The number of aliphatic hydroxyl groups is 1. The molecule has 1 aromatic heterocycles. The van der Waals surface area contributed by atoms with E-state index >= 15 is 0 Å². The summed E-state index contributed by atoms with van der Waals surface area (Å²) in [5.41, 5.74) is 7.13. The Balaban J connectivity index is 2.79. The summed E-state index contributed by atoms with van der Waals surface area (Å²) in [5.74, 6) is 0. The van der Waals surface area contributed by atoms with Crippen LogP contribution in [0.25, 0.3) is 0 Å². The lowest BCUT2D eigenvalue weighted by atomic mass is 10.1. The summed E-state index contributed by atoms with van der Waals surface area (Å²) >= 11 is 0. The second-order valence-electron chi connectivity index (χ2n) is 4.02. The number of rotatable bonds is 7. The van der Waals surface area contributed by atoms with Gasteiger partial charge in [-0.05, 0) is 18.6 Å². The smallest absolute Gasteiger partial charge is 0.255 e. The van der Waals surface area contributed by atoms with Crippen molar-refractivity contribution in [2.75, 3.05) is 24.6 Å². The Morgan fingerprint density at radius 3 is 2.61 bits per heavy atom. The quantitative estimate of drug-likeness (QED) is 0.780. The van der Waals surface area contributed by atoms with Gasteiger partial charge in [-0.3, -0.25) is 4.98 Å². The maximum atomic E-state index is 12.4. The molecule has 0 unspecified atom stereocenters. The molecule has 6 heteroatoms. The van der Waals surface area contributed by atoms with Crippen molar-refractivity contribution in [1.82, 2.24) is 4.98 Å². The van der Waals surface area contributed by atoms with Crippen molar-refractivity contribution < 1.29 is 13.9 Å². The molecular formula is C12H19F2N3O. The summed E-state index contributed by atoms with van der Waals surface area (Å²) in [6, 6.07) is 3.30. The van der Waals surface area contributed by atoms with Crippen LogP contribution in [0.3, 0.4) is 0 Å². The largest absolute Gasteiger partial charge is 0.395 e. The fourth-order valence-corrected chi connectivity index (χ4v) is 1.63. The lowest BCUT2D eigenvalue weighted by Crippen LogP contribution is -2.31. The van der Waals surface area contributed by atoms with Crippen LogP contribution in [0.15, 0.2) is 18.3 Å². The third-order valence-electron chi connectivity index (χ3n) is 2.68. The van der Waals surface area contributed by atoms with E-state index in [2.05, 4.69) is 4.98 Å². The molecule has 0 saturated carbocycles. The highest BCUT2D eigenvalue weighted by Crippen LogP contribution is 2.17. The Bertz CT molecular complexity index is 346. The van der Waals surface area contributed by atoms with E-state index in [1.165, 1.54) is 11.1 Å². The lowest BCUT2D eigenvalue weighted by molar-refractivity contribution is 0.153. The molecule has 18 heavy (non-hydrogen) atoms. The molecule has 4 nitrogen and oxygen atoms in total. The van der Waals surface area contributed by atoms with Gasteiger partial charge >= 0.3 is 0 Å². The highest BCUT2D eigenvalue weighted by Gasteiger charge is 2.13. The Morgan fingerprint density at radius 2 is 2.17 bits per heavy atom. The number of aromatic nitrogens is 1. The van der Waals surface area contributed by atoms with Gasteiger partial charge < -0.3 is 15.7 Å². The Labute approximate surface area is 105 Å². The van der Waals surface area contributed by atoms with Gasteiger partial charge in [-0.1, -0.05) is 6.92 Å². The average molecular weight is 259 g/mol. The molecule has 1 atom stereocenters. The maximum absolute atomic E-state index is 12.4. The molecular weight excluding hydrogens is 240 g/mol. The van der Waals surface area contributed by atoms with Crippen molar-refractivity contribution in [2.45, 2.75) is 25.8 Å². The third kappa shape index (κ3) is 4.19. The molecule has 0 amide bonds. The van der Waals surface area contributed by atoms with Gasteiger partial charge in [-0.15, -0.1) is 0 Å². The van der Waals surface area contributed by atoms with Crippen molar-refractivity contribution in [1.29, 1.82) is 0 Å². The zero-order valence-electron chi connectivity index (χ0n) is 10.4. The Hall–Kier alpha value is -1.27. The van der Waals surface area contributed by atoms with E-state index in [4.69, 9.17) is 10.8 Å². The third-order valence-corrected chi connectivity index (χ3v) is 2.68. The predicted molar refractivity (Wildman–Crippen MR) is 66.8 cm³/mol. The molecule has 0 aliphatic heterocycles. The summed E-state index contributed by atoms with van der Waals surface area (Å²) in [4.78, 5) is 5.57. The maximum Gasteiger partial charge on any atom is 0.255 e. The van der Waals surface area contributed by atoms with Crippen molar-refractivity contribution in [2.24, 2.45) is 5.73 Å². The number of aliphatic hydroxyl groups excluding tert-OH is 1. The molecule has 0 spiro atoms. The molecule has 0 bridgehead atoms. The fourth-order valence-electron chi connectivity index (χ4n) is 1.63. The molecule has 1 heterocycles. The number of halogens is 2. The predicted octanol–water partition coefficient (Wildman–Crippen LogP) is 1.56. The topological polar surface area (TPSA) is 62.4 Å². The van der Waals surface area contributed by atoms with Gasteiger partial charge in [0.1, 0.15) is 0 Å². The van der Waals surface area contributed by atoms with E-state index in [0.717, 1.165) is 12.1 Å². The van der Waals surface area contributed by atoms with Gasteiger partial charge in [0.15, 0.2) is 0 Å². The minimum Gasteiger partial charge on any atom is -0.395 e. The highest BCUT2D eigenvalue weighted by molar-refractivity contribution is 5.44. The zero-order chi connectivity index (χ0) is 13.5. The molecule has 1 rings (SSSR count). The minimum absolute atomic E-state index is 0.138. The number of nitrogens with two attached hydrogens (primary N) is 1. The molecule has 0 radical (unpaired) electrons. The van der Waals surface area contributed by atoms with Gasteiger partial charge in [-0.25, -0.2) is 8.78 Å². The van der Waals surface area contributed by atoms with Crippen molar-refractivity contribution >= 4 is 5.69 Å². The van der Waals surface area contributed by atoms with Gasteiger partial charge in [0.05, 0.1) is 30.7 Å². The van der Waals surface area contributed by atoms with Crippen molar-refractivity contribution in [3.8, 4) is 0 Å². The monoisotopic (exact) mass is 259 g/mol. The van der Waals surface area contributed by atoms with Crippen LogP contribution in [-0.4, -0.2) is 36.2 Å². The fraction of sp³-hybridized carbons (Fsp3) is 0.583. The number of hydrogen-bond acceptors (Lipinski definition) is 4. The van der Waals surface area contributed by atoms with E-state index in [9.17, 15) is 8.78 Å². The Kier molecular flexibility index (Phi) is 5.94. The summed E-state index contributed by atoms with van der Waals surface area (Å²) in [6.07, 6.45) is -0.166. The second kappa shape index (κ2) is 7.23. The number of nitrogens with zero attached hydrogens (tertiary/aromatic N) is 2. The van der Waals surface area contributed by atoms with Crippen LogP contribution in [0.2, 0.25) is 0 Å². The van der Waals surface area contributed by atoms with E-state index in [0.29, 0.717) is 5.69 Å². The summed E-state index contributed by atoms with van der Waals surface area (Å²) < 4.78 is 24.8. The van der Waals surface area contributed by atoms with Crippen LogP contribution in [0.5, 0.6) is 0 Å². The van der Waals surface area contributed by atoms with Crippen LogP contribution in [0, 0.1) is 0 Å². The first-order valence-electron chi connectivity index (χ1n) is 5.94. The average Bonchev–Trinajstić information content (AvgIpc) is 2.37. The normalized spacial score (nSPS) is 12.8. The summed E-state index contributed by atoms with van der Waals surface area (Å²) in [6.45, 7) is 1.52. The lowest BCUT2D eigenvalue weighted by Gasteiger charge is -2.23. The van der Waals surface area contributed by atoms with Gasteiger partial charge in [0.2, 0.25) is 0 Å². The molecule has 0 saturated heterocycles. The molecule has 0 fully saturated rings. The first kappa shape index (κ1) is 14.8. The minimum atomic E-state index is -2.45. The van der Waals surface area contributed by atoms with Crippen LogP contribution in [-0.2, 0) is 0 Å². The number of hydrogen-bond donors (Lipinski definition) is 2. The number of anilines is 1. The van der Waals surface area contributed by atoms with Crippen molar-refractivity contribution in [3.05, 3.63) is 24.0 Å². The highest BCUT2D eigenvalue weighted by atomic mass is 19.3. The van der Waals surface area contributed by atoms with E-state index in [-0.39, 0.29) is 19.2 Å². The zero-order valence-corrected chi connectivity index (χ0v) is 10.4.